The van der Waals surface area contributed by atoms with Crippen molar-refractivity contribution in [2.45, 2.75) is 13.8 Å². The van der Waals surface area contributed by atoms with Crippen molar-refractivity contribution in [3.63, 3.8) is 0 Å². The minimum absolute atomic E-state index is 0.0719. The van der Waals surface area contributed by atoms with Gasteiger partial charge in [-0.05, 0) is 43.7 Å². The Morgan fingerprint density at radius 1 is 1.14 bits per heavy atom. The number of hydrogen-bond donors (Lipinski definition) is 2. The standard InChI is InChI=1S/C17H15N3O2/c1-9-3-4-14-11(5-9)8-19-16(20-14)12-6-10(2)7-13(15(12)18)17(21)22/h3-8H,18H2,1-2H3,(H,21,22). The van der Waals surface area contributed by atoms with E-state index in [4.69, 9.17) is 5.73 Å². The molecule has 0 saturated carbocycles. The highest BCUT2D eigenvalue weighted by molar-refractivity contribution is 5.98. The summed E-state index contributed by atoms with van der Waals surface area (Å²) in [6.07, 6.45) is 1.73. The van der Waals surface area contributed by atoms with Gasteiger partial charge in [0.15, 0.2) is 5.82 Å². The molecule has 1 heterocycles. The van der Waals surface area contributed by atoms with Crippen molar-refractivity contribution >= 4 is 22.6 Å². The fourth-order valence-electron chi connectivity index (χ4n) is 2.44. The first kappa shape index (κ1) is 14.0. The largest absolute Gasteiger partial charge is 0.478 e. The van der Waals surface area contributed by atoms with Crippen molar-refractivity contribution < 1.29 is 9.90 Å². The van der Waals surface area contributed by atoms with Gasteiger partial charge in [0.1, 0.15) is 0 Å². The third-order valence-corrected chi connectivity index (χ3v) is 3.53. The molecule has 0 aliphatic heterocycles. The molecule has 22 heavy (non-hydrogen) atoms. The lowest BCUT2D eigenvalue weighted by molar-refractivity contribution is 0.0698. The number of carboxylic acid groups (broad SMARTS) is 1. The summed E-state index contributed by atoms with van der Waals surface area (Å²) < 4.78 is 0. The molecule has 3 aromatic rings. The number of aromatic carboxylic acids is 1. The van der Waals surface area contributed by atoms with Crippen LogP contribution < -0.4 is 5.73 Å². The van der Waals surface area contributed by atoms with Gasteiger partial charge in [-0.1, -0.05) is 11.6 Å². The Bertz CT molecular complexity index is 904. The fraction of sp³-hybridized carbons (Fsp3) is 0.118. The number of nitrogen functional groups attached to an aromatic ring is 1. The SMILES string of the molecule is Cc1cc(C(=O)O)c(N)c(-c2ncc3cc(C)ccc3n2)c1. The molecule has 1 aromatic heterocycles. The van der Waals surface area contributed by atoms with Crippen LogP contribution in [0.2, 0.25) is 0 Å². The second-order valence-corrected chi connectivity index (χ2v) is 5.33. The van der Waals surface area contributed by atoms with Crippen molar-refractivity contribution in [3.8, 4) is 11.4 Å². The van der Waals surface area contributed by atoms with Crippen LogP contribution >= 0.6 is 0 Å². The van der Waals surface area contributed by atoms with Gasteiger partial charge >= 0.3 is 5.97 Å². The number of carbonyl (C=O) groups is 1. The number of hydrogen-bond acceptors (Lipinski definition) is 4. The number of anilines is 1. The van der Waals surface area contributed by atoms with Gasteiger partial charge in [0, 0.05) is 17.1 Å². The van der Waals surface area contributed by atoms with Gasteiger partial charge < -0.3 is 10.8 Å². The molecule has 0 spiro atoms. The van der Waals surface area contributed by atoms with Crippen molar-refractivity contribution in [1.82, 2.24) is 9.97 Å². The molecule has 5 nitrogen and oxygen atoms in total. The Morgan fingerprint density at radius 2 is 1.91 bits per heavy atom. The Kier molecular flexibility index (Phi) is 3.25. The van der Waals surface area contributed by atoms with E-state index in [1.807, 2.05) is 32.0 Å². The number of rotatable bonds is 2. The molecular formula is C17H15N3O2. The third-order valence-electron chi connectivity index (χ3n) is 3.53. The zero-order chi connectivity index (χ0) is 15.9. The Labute approximate surface area is 127 Å². The number of benzene rings is 2. The summed E-state index contributed by atoms with van der Waals surface area (Å²) in [7, 11) is 0. The molecule has 0 atom stereocenters. The molecule has 0 fully saturated rings. The Morgan fingerprint density at radius 3 is 2.64 bits per heavy atom. The van der Waals surface area contributed by atoms with Gasteiger partial charge in [0.25, 0.3) is 0 Å². The summed E-state index contributed by atoms with van der Waals surface area (Å²) in [5.41, 5.74) is 9.52. The molecule has 0 aliphatic carbocycles. The number of nitrogens with zero attached hydrogens (tertiary/aromatic N) is 2. The molecule has 0 aliphatic rings. The minimum Gasteiger partial charge on any atom is -0.478 e. The lowest BCUT2D eigenvalue weighted by Crippen LogP contribution is -2.06. The quantitative estimate of drug-likeness (QED) is 0.708. The highest BCUT2D eigenvalue weighted by Crippen LogP contribution is 2.29. The summed E-state index contributed by atoms with van der Waals surface area (Å²) in [5.74, 6) is -0.626. The van der Waals surface area contributed by atoms with E-state index in [-0.39, 0.29) is 11.3 Å². The van der Waals surface area contributed by atoms with E-state index < -0.39 is 5.97 Å². The van der Waals surface area contributed by atoms with Crippen LogP contribution in [0.25, 0.3) is 22.3 Å². The maximum Gasteiger partial charge on any atom is 0.337 e. The smallest absolute Gasteiger partial charge is 0.337 e. The average Bonchev–Trinajstić information content (AvgIpc) is 2.48. The highest BCUT2D eigenvalue weighted by atomic mass is 16.4. The summed E-state index contributed by atoms with van der Waals surface area (Å²) in [6.45, 7) is 3.82. The van der Waals surface area contributed by atoms with Crippen LogP contribution in [0.15, 0.2) is 36.5 Å². The number of aryl methyl sites for hydroxylation is 2. The maximum absolute atomic E-state index is 11.3. The molecule has 0 unspecified atom stereocenters. The van der Waals surface area contributed by atoms with Crippen molar-refractivity contribution in [1.29, 1.82) is 0 Å². The van der Waals surface area contributed by atoms with E-state index in [9.17, 15) is 9.90 Å². The predicted molar refractivity (Wildman–Crippen MR) is 85.8 cm³/mol. The number of aromatic nitrogens is 2. The van der Waals surface area contributed by atoms with Crippen molar-refractivity contribution in [3.05, 3.63) is 53.2 Å². The van der Waals surface area contributed by atoms with Crippen LogP contribution in [0.4, 0.5) is 5.69 Å². The normalized spacial score (nSPS) is 10.8. The first-order valence-electron chi connectivity index (χ1n) is 6.83. The van der Waals surface area contributed by atoms with Gasteiger partial charge in [0.05, 0.1) is 16.8 Å². The Balaban J connectivity index is 2.23. The number of nitrogens with two attached hydrogens (primary N) is 1. The lowest BCUT2D eigenvalue weighted by atomic mass is 10.0. The first-order chi connectivity index (χ1) is 10.5. The summed E-state index contributed by atoms with van der Waals surface area (Å²) in [4.78, 5) is 20.1. The van der Waals surface area contributed by atoms with Crippen LogP contribution in [0.5, 0.6) is 0 Å². The van der Waals surface area contributed by atoms with E-state index in [0.717, 1.165) is 22.0 Å². The number of carboxylic acids is 1. The van der Waals surface area contributed by atoms with Crippen LogP contribution in [0, 0.1) is 13.8 Å². The predicted octanol–water partition coefficient (Wildman–Crippen LogP) is 3.19. The van der Waals surface area contributed by atoms with E-state index in [2.05, 4.69) is 9.97 Å². The second-order valence-electron chi connectivity index (χ2n) is 5.33. The zero-order valence-corrected chi connectivity index (χ0v) is 12.3. The van der Waals surface area contributed by atoms with E-state index in [1.54, 1.807) is 18.3 Å². The van der Waals surface area contributed by atoms with Crippen LogP contribution in [-0.4, -0.2) is 21.0 Å². The molecule has 2 aromatic carbocycles. The van der Waals surface area contributed by atoms with Gasteiger partial charge in [0.2, 0.25) is 0 Å². The molecule has 3 rings (SSSR count). The molecular weight excluding hydrogens is 278 g/mol. The van der Waals surface area contributed by atoms with E-state index in [1.165, 1.54) is 0 Å². The molecule has 0 bridgehead atoms. The van der Waals surface area contributed by atoms with Crippen LogP contribution in [0.3, 0.4) is 0 Å². The van der Waals surface area contributed by atoms with Gasteiger partial charge in [-0.2, -0.15) is 0 Å². The summed E-state index contributed by atoms with van der Waals surface area (Å²) >= 11 is 0. The Hall–Kier alpha value is -2.95. The number of fused-ring (bicyclic) bond motifs is 1. The average molecular weight is 293 g/mol. The molecule has 110 valence electrons. The van der Waals surface area contributed by atoms with E-state index in [0.29, 0.717) is 11.4 Å². The monoisotopic (exact) mass is 293 g/mol. The van der Waals surface area contributed by atoms with Crippen LogP contribution in [-0.2, 0) is 0 Å². The summed E-state index contributed by atoms with van der Waals surface area (Å²) in [6, 6.07) is 9.24. The van der Waals surface area contributed by atoms with Gasteiger partial charge in [-0.3, -0.25) is 0 Å². The molecule has 5 heteroatoms. The van der Waals surface area contributed by atoms with Gasteiger partial charge in [-0.15, -0.1) is 0 Å². The first-order valence-corrected chi connectivity index (χ1v) is 6.83. The molecule has 0 amide bonds. The second kappa shape index (κ2) is 5.11. The van der Waals surface area contributed by atoms with E-state index >= 15 is 0 Å². The fourth-order valence-corrected chi connectivity index (χ4v) is 2.44. The van der Waals surface area contributed by atoms with Gasteiger partial charge in [-0.25, -0.2) is 14.8 Å². The van der Waals surface area contributed by atoms with Crippen LogP contribution in [0.1, 0.15) is 21.5 Å². The highest BCUT2D eigenvalue weighted by Gasteiger charge is 2.16. The van der Waals surface area contributed by atoms with Crippen molar-refractivity contribution in [2.75, 3.05) is 5.73 Å². The third kappa shape index (κ3) is 2.37. The topological polar surface area (TPSA) is 89.1 Å². The molecule has 0 saturated heterocycles. The lowest BCUT2D eigenvalue weighted by Gasteiger charge is -2.10. The zero-order valence-electron chi connectivity index (χ0n) is 12.3. The van der Waals surface area contributed by atoms with Crippen molar-refractivity contribution in [2.24, 2.45) is 0 Å². The maximum atomic E-state index is 11.3. The minimum atomic E-state index is -1.06. The molecule has 0 radical (unpaired) electrons. The summed E-state index contributed by atoms with van der Waals surface area (Å²) in [5, 5.41) is 10.2. The molecule has 3 N–H and O–H groups in total.